The summed E-state index contributed by atoms with van der Waals surface area (Å²) in [5.74, 6) is -0.642. The number of hydrogen-bond acceptors (Lipinski definition) is 4. The van der Waals surface area contributed by atoms with Gasteiger partial charge in [-0.15, -0.1) is 0 Å². The molecule has 0 saturated carbocycles. The van der Waals surface area contributed by atoms with Crippen LogP contribution in [-0.4, -0.2) is 17.1 Å². The molecule has 0 aliphatic rings. The number of Topliss-reactive ketones (excluding diaryl/α,β-unsaturated/α-hetero) is 1. The van der Waals surface area contributed by atoms with E-state index in [4.69, 9.17) is 5.73 Å². The Morgan fingerprint density at radius 1 is 1.33 bits per heavy atom. The minimum Gasteiger partial charge on any atom is -0.398 e. The zero-order valence-corrected chi connectivity index (χ0v) is 7.81. The van der Waals surface area contributed by atoms with Gasteiger partial charge < -0.3 is 5.73 Å². The van der Waals surface area contributed by atoms with E-state index in [9.17, 15) is 9.59 Å². The predicted molar refractivity (Wildman–Crippen MR) is 56.5 cm³/mol. The average molecular weight is 200 g/mol. The maximum atomic E-state index is 11.4. The minimum atomic E-state index is -0.642. The molecule has 0 aliphatic carbocycles. The van der Waals surface area contributed by atoms with Crippen LogP contribution in [0, 0.1) is 0 Å². The van der Waals surface area contributed by atoms with Crippen LogP contribution < -0.4 is 5.73 Å². The number of anilines is 1. The average Bonchev–Trinajstić information content (AvgIpc) is 2.28. The van der Waals surface area contributed by atoms with Gasteiger partial charge in [-0.25, -0.2) is 0 Å². The lowest BCUT2D eigenvalue weighted by Crippen LogP contribution is -2.06. The zero-order valence-electron chi connectivity index (χ0n) is 7.81. The highest BCUT2D eigenvalue weighted by molar-refractivity contribution is 6.37. The summed E-state index contributed by atoms with van der Waals surface area (Å²) in [6.45, 7) is 0. The Morgan fingerprint density at radius 2 is 2.13 bits per heavy atom. The van der Waals surface area contributed by atoms with Gasteiger partial charge in [-0.05, 0) is 12.1 Å². The highest BCUT2D eigenvalue weighted by Crippen LogP contribution is 2.22. The Kier molecular flexibility index (Phi) is 2.17. The fourth-order valence-electron chi connectivity index (χ4n) is 1.48. The van der Waals surface area contributed by atoms with Crippen molar-refractivity contribution in [3.63, 3.8) is 0 Å². The first-order valence-electron chi connectivity index (χ1n) is 4.37. The number of pyridine rings is 1. The van der Waals surface area contributed by atoms with Crippen LogP contribution in [0.15, 0.2) is 30.5 Å². The molecule has 4 heteroatoms. The Hall–Kier alpha value is -2.23. The lowest BCUT2D eigenvalue weighted by Gasteiger charge is -2.04. The molecule has 2 N–H and O–H groups in total. The van der Waals surface area contributed by atoms with E-state index >= 15 is 0 Å². The highest BCUT2D eigenvalue weighted by Gasteiger charge is 2.13. The second-order valence-electron chi connectivity index (χ2n) is 3.09. The number of benzene rings is 1. The molecular formula is C11H8N2O2. The summed E-state index contributed by atoms with van der Waals surface area (Å²) in [6, 6.07) is 6.93. The first-order valence-corrected chi connectivity index (χ1v) is 4.37. The number of rotatable bonds is 2. The van der Waals surface area contributed by atoms with E-state index < -0.39 is 5.78 Å². The van der Waals surface area contributed by atoms with Gasteiger partial charge in [-0.2, -0.15) is 0 Å². The van der Waals surface area contributed by atoms with Crippen molar-refractivity contribution < 1.29 is 9.59 Å². The molecule has 0 saturated heterocycles. The van der Waals surface area contributed by atoms with Gasteiger partial charge in [0.1, 0.15) is 0 Å². The van der Waals surface area contributed by atoms with Crippen molar-refractivity contribution in [3.8, 4) is 0 Å². The molecule has 74 valence electrons. The van der Waals surface area contributed by atoms with Crippen LogP contribution in [0.25, 0.3) is 10.9 Å². The van der Waals surface area contributed by atoms with Crippen molar-refractivity contribution in [2.45, 2.75) is 0 Å². The summed E-state index contributed by atoms with van der Waals surface area (Å²) in [4.78, 5) is 25.9. The van der Waals surface area contributed by atoms with Crippen LogP contribution in [-0.2, 0) is 4.79 Å². The number of fused-ring (bicyclic) bond motifs is 1. The van der Waals surface area contributed by atoms with E-state index in [1.165, 1.54) is 0 Å². The number of nitrogen functional groups attached to an aromatic ring is 1. The van der Waals surface area contributed by atoms with Crippen LogP contribution in [0.2, 0.25) is 0 Å². The maximum Gasteiger partial charge on any atom is 0.229 e. The Morgan fingerprint density at radius 3 is 2.87 bits per heavy atom. The van der Waals surface area contributed by atoms with E-state index in [1.54, 1.807) is 24.4 Å². The summed E-state index contributed by atoms with van der Waals surface area (Å²) in [7, 11) is 0. The molecular weight excluding hydrogens is 192 g/mol. The van der Waals surface area contributed by atoms with Crippen LogP contribution in [0.4, 0.5) is 5.69 Å². The topological polar surface area (TPSA) is 73.0 Å². The number of aromatic nitrogens is 1. The van der Waals surface area contributed by atoms with Crippen LogP contribution in [0.3, 0.4) is 0 Å². The van der Waals surface area contributed by atoms with Crippen molar-refractivity contribution in [1.29, 1.82) is 0 Å². The summed E-state index contributed by atoms with van der Waals surface area (Å²) >= 11 is 0. The van der Waals surface area contributed by atoms with Gasteiger partial charge in [0.2, 0.25) is 5.78 Å². The van der Waals surface area contributed by atoms with Crippen molar-refractivity contribution in [2.24, 2.45) is 0 Å². The molecule has 2 aromatic rings. The first-order chi connectivity index (χ1) is 7.24. The molecule has 0 amide bonds. The lowest BCUT2D eigenvalue weighted by molar-refractivity contribution is -0.104. The fourth-order valence-corrected chi connectivity index (χ4v) is 1.48. The molecule has 4 nitrogen and oxygen atoms in total. The third-order valence-corrected chi connectivity index (χ3v) is 2.16. The molecule has 0 fully saturated rings. The number of nitrogens with zero attached hydrogens (tertiary/aromatic N) is 1. The standard InChI is InChI=1S/C11H8N2O2/c12-8-4-3-7-2-1-5-13-11(7)10(8)9(15)6-14/h1-6H,12H2. The van der Waals surface area contributed by atoms with E-state index in [1.807, 2.05) is 6.07 Å². The minimum absolute atomic E-state index is 0.183. The Bertz CT molecular complexity index is 549. The Balaban J connectivity index is 2.85. The molecule has 1 heterocycles. The molecule has 0 atom stereocenters. The monoisotopic (exact) mass is 200 g/mol. The number of hydrogen-bond donors (Lipinski definition) is 1. The Labute approximate surface area is 85.7 Å². The summed E-state index contributed by atoms with van der Waals surface area (Å²) in [5.41, 5.74) is 6.57. The number of carbonyl (C=O) groups excluding carboxylic acids is 2. The van der Waals surface area contributed by atoms with Gasteiger partial charge in [0.05, 0.1) is 11.1 Å². The summed E-state index contributed by atoms with van der Waals surface area (Å²) < 4.78 is 0. The molecule has 1 aromatic carbocycles. The van der Waals surface area contributed by atoms with E-state index in [0.29, 0.717) is 5.52 Å². The third kappa shape index (κ3) is 1.46. The van der Waals surface area contributed by atoms with Crippen molar-refractivity contribution in [2.75, 3.05) is 5.73 Å². The molecule has 0 unspecified atom stereocenters. The molecule has 15 heavy (non-hydrogen) atoms. The van der Waals surface area contributed by atoms with Crippen molar-refractivity contribution >= 4 is 28.7 Å². The van der Waals surface area contributed by atoms with Gasteiger partial charge in [0.25, 0.3) is 0 Å². The first kappa shape index (κ1) is 9.33. The van der Waals surface area contributed by atoms with Crippen LogP contribution in [0.5, 0.6) is 0 Å². The highest BCUT2D eigenvalue weighted by atomic mass is 16.2. The van der Waals surface area contributed by atoms with Crippen LogP contribution in [0.1, 0.15) is 10.4 Å². The van der Waals surface area contributed by atoms with Gasteiger partial charge >= 0.3 is 0 Å². The SMILES string of the molecule is Nc1ccc2cccnc2c1C(=O)C=O. The molecule has 0 radical (unpaired) electrons. The van der Waals surface area contributed by atoms with Gasteiger partial charge in [-0.3, -0.25) is 14.6 Å². The summed E-state index contributed by atoms with van der Waals surface area (Å²) in [6.07, 6.45) is 1.81. The zero-order chi connectivity index (χ0) is 10.8. The summed E-state index contributed by atoms with van der Waals surface area (Å²) in [5, 5.41) is 0.789. The normalized spacial score (nSPS) is 10.1. The van der Waals surface area contributed by atoms with Gasteiger partial charge in [0, 0.05) is 17.3 Å². The predicted octanol–water partition coefficient (Wildman–Crippen LogP) is 1.20. The molecule has 0 aliphatic heterocycles. The van der Waals surface area contributed by atoms with Crippen LogP contribution >= 0.6 is 0 Å². The van der Waals surface area contributed by atoms with E-state index in [-0.39, 0.29) is 17.5 Å². The largest absolute Gasteiger partial charge is 0.398 e. The number of aldehydes is 1. The quantitative estimate of drug-likeness (QED) is 0.342. The third-order valence-electron chi connectivity index (χ3n) is 2.16. The molecule has 0 bridgehead atoms. The second kappa shape index (κ2) is 3.49. The van der Waals surface area contributed by atoms with Gasteiger partial charge in [0.15, 0.2) is 6.29 Å². The van der Waals surface area contributed by atoms with E-state index in [2.05, 4.69) is 4.98 Å². The molecule has 1 aromatic heterocycles. The maximum absolute atomic E-state index is 11.4. The van der Waals surface area contributed by atoms with Crippen molar-refractivity contribution in [1.82, 2.24) is 4.98 Å². The smallest absolute Gasteiger partial charge is 0.229 e. The number of carbonyl (C=O) groups is 2. The lowest BCUT2D eigenvalue weighted by atomic mass is 10.0. The number of nitrogens with two attached hydrogens (primary N) is 1. The second-order valence-corrected chi connectivity index (χ2v) is 3.09. The molecule has 2 rings (SSSR count). The molecule has 0 spiro atoms. The van der Waals surface area contributed by atoms with Crippen molar-refractivity contribution in [3.05, 3.63) is 36.0 Å². The number of ketones is 1. The van der Waals surface area contributed by atoms with E-state index in [0.717, 1.165) is 5.39 Å². The van der Waals surface area contributed by atoms with Gasteiger partial charge in [-0.1, -0.05) is 12.1 Å². The fraction of sp³-hybridized carbons (Fsp3) is 0.